The molecule has 0 aromatic carbocycles. The average Bonchev–Trinajstić information content (AvgIpc) is 2.40. The van der Waals surface area contributed by atoms with Crippen LogP contribution in [0.3, 0.4) is 0 Å². The summed E-state index contributed by atoms with van der Waals surface area (Å²) in [5.41, 5.74) is 4.16. The van der Waals surface area contributed by atoms with Crippen LogP contribution >= 0.6 is 0 Å². The van der Waals surface area contributed by atoms with E-state index in [0.717, 1.165) is 5.69 Å². The third-order valence-electron chi connectivity index (χ3n) is 2.61. The molecule has 0 saturated carbocycles. The largest absolute Gasteiger partial charge is 0.387 e. The summed E-state index contributed by atoms with van der Waals surface area (Å²) in [6, 6.07) is 1.77. The number of nitrogens with zero attached hydrogens (tertiary/aromatic N) is 2. The fourth-order valence-electron chi connectivity index (χ4n) is 1.67. The van der Waals surface area contributed by atoms with Gasteiger partial charge in [0.15, 0.2) is 0 Å². The van der Waals surface area contributed by atoms with Crippen molar-refractivity contribution in [2.75, 3.05) is 38.7 Å². The Morgan fingerprint density at radius 2 is 2.24 bits per heavy atom. The quantitative estimate of drug-likeness (QED) is 0.779. The van der Waals surface area contributed by atoms with Crippen molar-refractivity contribution in [1.82, 2.24) is 15.4 Å². The summed E-state index contributed by atoms with van der Waals surface area (Å²) in [6.07, 6.45) is 3.21. The Morgan fingerprint density at radius 3 is 2.94 bits per heavy atom. The van der Waals surface area contributed by atoms with Crippen molar-refractivity contribution in [3.63, 3.8) is 0 Å². The Morgan fingerprint density at radius 1 is 1.47 bits per heavy atom. The van der Waals surface area contributed by atoms with Crippen molar-refractivity contribution in [1.29, 1.82) is 0 Å². The molecule has 0 spiro atoms. The second-order valence-electron chi connectivity index (χ2n) is 3.71. The predicted octanol–water partition coefficient (Wildman–Crippen LogP) is 0.100. The molecule has 2 heterocycles. The van der Waals surface area contributed by atoms with Crippen LogP contribution in [0, 0.1) is 0 Å². The van der Waals surface area contributed by atoms with Crippen LogP contribution in [0.1, 0.15) is 10.4 Å². The van der Waals surface area contributed by atoms with Gasteiger partial charge in [-0.1, -0.05) is 0 Å². The third kappa shape index (κ3) is 2.92. The monoisotopic (exact) mass is 236 g/mol. The van der Waals surface area contributed by atoms with Crippen LogP contribution in [-0.2, 0) is 4.74 Å². The summed E-state index contributed by atoms with van der Waals surface area (Å²) in [4.78, 5) is 16.0. The van der Waals surface area contributed by atoms with Gasteiger partial charge in [0.25, 0.3) is 5.91 Å². The first-order chi connectivity index (χ1) is 8.31. The summed E-state index contributed by atoms with van der Waals surface area (Å²) in [7, 11) is 1.78. The molecule has 2 N–H and O–H groups in total. The zero-order chi connectivity index (χ0) is 12.1. The van der Waals surface area contributed by atoms with Gasteiger partial charge < -0.3 is 10.1 Å². The number of morpholine rings is 1. The van der Waals surface area contributed by atoms with E-state index in [1.54, 1.807) is 25.5 Å². The summed E-state index contributed by atoms with van der Waals surface area (Å²) < 4.78 is 5.21. The van der Waals surface area contributed by atoms with Crippen molar-refractivity contribution in [2.45, 2.75) is 0 Å². The maximum absolute atomic E-state index is 12.0. The number of hydrazine groups is 1. The minimum atomic E-state index is -0.149. The number of amides is 1. The van der Waals surface area contributed by atoms with Crippen molar-refractivity contribution in [2.24, 2.45) is 0 Å². The number of aromatic nitrogens is 1. The van der Waals surface area contributed by atoms with Crippen molar-refractivity contribution < 1.29 is 9.53 Å². The molecule has 0 radical (unpaired) electrons. The van der Waals surface area contributed by atoms with Gasteiger partial charge in [0.05, 0.1) is 18.8 Å². The number of hydrogen-bond acceptors (Lipinski definition) is 5. The lowest BCUT2D eigenvalue weighted by Gasteiger charge is -2.27. The summed E-state index contributed by atoms with van der Waals surface area (Å²) >= 11 is 0. The Kier molecular flexibility index (Phi) is 3.89. The Bertz CT molecular complexity index is 391. The molecule has 92 valence electrons. The number of hydrogen-bond donors (Lipinski definition) is 2. The topological polar surface area (TPSA) is 66.5 Å². The number of carbonyl (C=O) groups excluding carboxylic acids is 1. The van der Waals surface area contributed by atoms with E-state index in [0.29, 0.717) is 31.9 Å². The molecule has 1 aliphatic heterocycles. The molecule has 1 saturated heterocycles. The fourth-order valence-corrected chi connectivity index (χ4v) is 1.67. The molecule has 1 aromatic heterocycles. The van der Waals surface area contributed by atoms with E-state index in [4.69, 9.17) is 4.74 Å². The molecule has 1 fully saturated rings. The van der Waals surface area contributed by atoms with E-state index in [2.05, 4.69) is 15.7 Å². The molecule has 1 amide bonds. The summed E-state index contributed by atoms with van der Waals surface area (Å²) in [5.74, 6) is -0.149. The minimum Gasteiger partial charge on any atom is -0.387 e. The average molecular weight is 236 g/mol. The standard InChI is InChI=1S/C11H16N4O2/c1-12-10-2-3-13-8-9(10)11(16)14-15-4-6-17-7-5-15/h2-3,8H,4-7H2,1H3,(H,12,13)(H,14,16). The first-order valence-corrected chi connectivity index (χ1v) is 5.56. The molecular weight excluding hydrogens is 220 g/mol. The van der Waals surface area contributed by atoms with Gasteiger partial charge >= 0.3 is 0 Å². The molecule has 6 nitrogen and oxygen atoms in total. The Hall–Kier alpha value is -1.66. The van der Waals surface area contributed by atoms with Gasteiger partial charge in [0, 0.05) is 38.2 Å². The molecule has 0 atom stereocenters. The molecule has 1 aromatic rings. The highest BCUT2D eigenvalue weighted by molar-refractivity contribution is 5.98. The van der Waals surface area contributed by atoms with Crippen molar-refractivity contribution in [3.8, 4) is 0 Å². The highest BCUT2D eigenvalue weighted by Gasteiger charge is 2.16. The molecule has 2 rings (SSSR count). The van der Waals surface area contributed by atoms with E-state index in [1.807, 2.05) is 5.01 Å². The first kappa shape index (κ1) is 11.8. The molecule has 1 aliphatic rings. The predicted molar refractivity (Wildman–Crippen MR) is 63.6 cm³/mol. The van der Waals surface area contributed by atoms with E-state index < -0.39 is 0 Å². The number of rotatable bonds is 3. The van der Waals surface area contributed by atoms with Crippen LogP contribution < -0.4 is 10.7 Å². The third-order valence-corrected chi connectivity index (χ3v) is 2.61. The zero-order valence-electron chi connectivity index (χ0n) is 9.77. The number of pyridine rings is 1. The van der Waals surface area contributed by atoms with Gasteiger partial charge in [0.1, 0.15) is 0 Å². The summed E-state index contributed by atoms with van der Waals surface area (Å²) in [6.45, 7) is 2.71. The maximum atomic E-state index is 12.0. The molecular formula is C11H16N4O2. The number of anilines is 1. The SMILES string of the molecule is CNc1ccncc1C(=O)NN1CCOCC1. The first-order valence-electron chi connectivity index (χ1n) is 5.56. The van der Waals surface area contributed by atoms with Crippen LogP contribution in [0.2, 0.25) is 0 Å². The maximum Gasteiger partial charge on any atom is 0.269 e. The van der Waals surface area contributed by atoms with Crippen LogP contribution in [0.5, 0.6) is 0 Å². The molecule has 17 heavy (non-hydrogen) atoms. The lowest BCUT2D eigenvalue weighted by Crippen LogP contribution is -2.48. The van der Waals surface area contributed by atoms with Gasteiger partial charge in [-0.3, -0.25) is 15.2 Å². The normalized spacial score (nSPS) is 16.5. The summed E-state index contributed by atoms with van der Waals surface area (Å²) in [5, 5.41) is 4.83. The second-order valence-corrected chi connectivity index (χ2v) is 3.71. The van der Waals surface area contributed by atoms with Crippen LogP contribution in [0.25, 0.3) is 0 Å². The van der Waals surface area contributed by atoms with Crippen molar-refractivity contribution in [3.05, 3.63) is 24.0 Å². The van der Waals surface area contributed by atoms with Gasteiger partial charge in [-0.2, -0.15) is 0 Å². The number of nitrogens with one attached hydrogen (secondary N) is 2. The second kappa shape index (κ2) is 5.60. The van der Waals surface area contributed by atoms with Crippen LogP contribution in [-0.4, -0.2) is 49.3 Å². The Balaban J connectivity index is 2.03. The highest BCUT2D eigenvalue weighted by Crippen LogP contribution is 2.12. The van der Waals surface area contributed by atoms with Crippen LogP contribution in [0.4, 0.5) is 5.69 Å². The van der Waals surface area contributed by atoms with Gasteiger partial charge in [-0.05, 0) is 6.07 Å². The van der Waals surface area contributed by atoms with E-state index in [-0.39, 0.29) is 5.91 Å². The molecule has 0 aliphatic carbocycles. The molecule has 0 bridgehead atoms. The number of carbonyl (C=O) groups is 1. The Labute approximate surface area is 99.9 Å². The van der Waals surface area contributed by atoms with E-state index in [9.17, 15) is 4.79 Å². The smallest absolute Gasteiger partial charge is 0.269 e. The molecule has 0 unspecified atom stereocenters. The highest BCUT2D eigenvalue weighted by atomic mass is 16.5. The number of ether oxygens (including phenoxy) is 1. The zero-order valence-corrected chi connectivity index (χ0v) is 9.77. The van der Waals surface area contributed by atoms with Gasteiger partial charge in [0.2, 0.25) is 0 Å². The lowest BCUT2D eigenvalue weighted by molar-refractivity contribution is 0.0126. The molecule has 6 heteroatoms. The van der Waals surface area contributed by atoms with E-state index >= 15 is 0 Å². The van der Waals surface area contributed by atoms with Gasteiger partial charge in [-0.25, -0.2) is 5.01 Å². The van der Waals surface area contributed by atoms with E-state index in [1.165, 1.54) is 0 Å². The minimum absolute atomic E-state index is 0.149. The van der Waals surface area contributed by atoms with Gasteiger partial charge in [-0.15, -0.1) is 0 Å². The van der Waals surface area contributed by atoms with Crippen LogP contribution in [0.15, 0.2) is 18.5 Å². The van der Waals surface area contributed by atoms with Crippen molar-refractivity contribution >= 4 is 11.6 Å². The fraction of sp³-hybridized carbons (Fsp3) is 0.455. The lowest BCUT2D eigenvalue weighted by atomic mass is 10.2.